The van der Waals surface area contributed by atoms with E-state index in [-0.39, 0.29) is 0 Å². The molecule has 118 valence electrons. The van der Waals surface area contributed by atoms with Crippen molar-refractivity contribution in [2.24, 2.45) is 0 Å². The van der Waals surface area contributed by atoms with E-state index in [1.807, 2.05) is 0 Å². The monoisotopic (exact) mass is 292 g/mol. The van der Waals surface area contributed by atoms with E-state index >= 15 is 0 Å². The fourth-order valence-electron chi connectivity index (χ4n) is 2.37. The lowest BCUT2D eigenvalue weighted by Gasteiger charge is -2.30. The lowest BCUT2D eigenvalue weighted by atomic mass is 10.2. The van der Waals surface area contributed by atoms with Crippen LogP contribution in [-0.2, 0) is 4.74 Å². The summed E-state index contributed by atoms with van der Waals surface area (Å²) >= 11 is 0. The Morgan fingerprint density at radius 2 is 2.14 bits per heavy atom. The molecule has 1 N–H and O–H groups in total. The van der Waals surface area contributed by atoms with Crippen molar-refractivity contribution in [1.29, 1.82) is 0 Å². The number of anilines is 2. The highest BCUT2D eigenvalue weighted by Gasteiger charge is 2.28. The molecule has 1 unspecified atom stereocenters. The third-order valence-corrected chi connectivity index (χ3v) is 3.98. The molecule has 0 radical (unpaired) electrons. The Kier molecular flexibility index (Phi) is 5.79. The van der Waals surface area contributed by atoms with E-state index in [1.54, 1.807) is 7.11 Å². The second kappa shape index (κ2) is 7.59. The SMILES string of the molecule is CCNc1cc(N(CCOC)C(C)CC)nc(C2CC2)n1. The van der Waals surface area contributed by atoms with Crippen LogP contribution in [0.1, 0.15) is 51.8 Å². The van der Waals surface area contributed by atoms with Gasteiger partial charge in [-0.05, 0) is 33.1 Å². The number of nitrogens with one attached hydrogen (secondary N) is 1. The zero-order valence-corrected chi connectivity index (χ0v) is 13.7. The minimum atomic E-state index is 0.441. The molecule has 0 aromatic carbocycles. The first-order valence-corrected chi connectivity index (χ1v) is 8.08. The lowest BCUT2D eigenvalue weighted by molar-refractivity contribution is 0.203. The summed E-state index contributed by atoms with van der Waals surface area (Å²) in [5, 5.41) is 3.33. The first-order chi connectivity index (χ1) is 10.2. The number of hydrogen-bond acceptors (Lipinski definition) is 5. The first kappa shape index (κ1) is 16.0. The molecule has 0 bridgehead atoms. The maximum absolute atomic E-state index is 5.26. The van der Waals surface area contributed by atoms with Gasteiger partial charge in [-0.3, -0.25) is 0 Å². The summed E-state index contributed by atoms with van der Waals surface area (Å²) in [6, 6.07) is 2.51. The summed E-state index contributed by atoms with van der Waals surface area (Å²) < 4.78 is 5.26. The highest BCUT2D eigenvalue weighted by atomic mass is 16.5. The maximum Gasteiger partial charge on any atom is 0.136 e. The molecule has 0 spiro atoms. The van der Waals surface area contributed by atoms with Crippen LogP contribution in [0.25, 0.3) is 0 Å². The normalized spacial score (nSPS) is 15.8. The highest BCUT2D eigenvalue weighted by molar-refractivity contribution is 5.50. The van der Waals surface area contributed by atoms with E-state index in [9.17, 15) is 0 Å². The van der Waals surface area contributed by atoms with Gasteiger partial charge in [-0.15, -0.1) is 0 Å². The van der Waals surface area contributed by atoms with Crippen LogP contribution in [0.15, 0.2) is 6.07 Å². The Morgan fingerprint density at radius 1 is 1.38 bits per heavy atom. The van der Waals surface area contributed by atoms with Crippen molar-refractivity contribution in [2.75, 3.05) is 37.0 Å². The molecule has 21 heavy (non-hydrogen) atoms. The van der Waals surface area contributed by atoms with Crippen LogP contribution in [0.4, 0.5) is 11.6 Å². The Hall–Kier alpha value is -1.36. The Bertz CT molecular complexity index is 448. The molecule has 1 aromatic heterocycles. The van der Waals surface area contributed by atoms with Crippen molar-refractivity contribution < 1.29 is 4.74 Å². The van der Waals surface area contributed by atoms with Gasteiger partial charge in [-0.1, -0.05) is 6.92 Å². The number of hydrogen-bond donors (Lipinski definition) is 1. The van der Waals surface area contributed by atoms with Crippen LogP contribution < -0.4 is 10.2 Å². The second-order valence-corrected chi connectivity index (χ2v) is 5.72. The molecular weight excluding hydrogens is 264 g/mol. The van der Waals surface area contributed by atoms with Gasteiger partial charge in [0.15, 0.2) is 0 Å². The van der Waals surface area contributed by atoms with Crippen molar-refractivity contribution in [1.82, 2.24) is 9.97 Å². The molecule has 1 aliphatic carbocycles. The topological polar surface area (TPSA) is 50.3 Å². The summed E-state index contributed by atoms with van der Waals surface area (Å²) in [6.45, 7) is 8.99. The Labute approximate surface area is 128 Å². The number of methoxy groups -OCH3 is 1. The van der Waals surface area contributed by atoms with Crippen molar-refractivity contribution in [3.8, 4) is 0 Å². The minimum Gasteiger partial charge on any atom is -0.383 e. The molecule has 0 amide bonds. The van der Waals surface area contributed by atoms with Crippen LogP contribution in [0.5, 0.6) is 0 Å². The molecule has 0 aliphatic heterocycles. The number of rotatable bonds is 9. The van der Waals surface area contributed by atoms with Crippen molar-refractivity contribution in [2.45, 2.75) is 52.0 Å². The van der Waals surface area contributed by atoms with Gasteiger partial charge in [-0.2, -0.15) is 0 Å². The van der Waals surface area contributed by atoms with Gasteiger partial charge in [0.2, 0.25) is 0 Å². The standard InChI is InChI=1S/C16H28N4O/c1-5-12(3)20(9-10-21-4)15-11-14(17-6-2)18-16(19-15)13-7-8-13/h11-13H,5-10H2,1-4H3,(H,17,18,19). The van der Waals surface area contributed by atoms with E-state index in [0.717, 1.165) is 37.0 Å². The molecule has 1 fully saturated rings. The van der Waals surface area contributed by atoms with Crippen LogP contribution >= 0.6 is 0 Å². The van der Waals surface area contributed by atoms with Crippen molar-refractivity contribution in [3.05, 3.63) is 11.9 Å². The van der Waals surface area contributed by atoms with Crippen molar-refractivity contribution >= 4 is 11.6 Å². The van der Waals surface area contributed by atoms with Gasteiger partial charge in [0.25, 0.3) is 0 Å². The quantitative estimate of drug-likeness (QED) is 0.758. The molecule has 1 aromatic rings. The van der Waals surface area contributed by atoms with Crippen LogP contribution in [0.3, 0.4) is 0 Å². The number of nitrogens with zero attached hydrogens (tertiary/aromatic N) is 3. The minimum absolute atomic E-state index is 0.441. The molecule has 1 heterocycles. The summed E-state index contributed by atoms with van der Waals surface area (Å²) in [5.74, 6) is 3.52. The van der Waals surface area contributed by atoms with E-state index in [4.69, 9.17) is 9.72 Å². The predicted molar refractivity (Wildman–Crippen MR) is 87.1 cm³/mol. The summed E-state index contributed by atoms with van der Waals surface area (Å²) in [7, 11) is 1.74. The van der Waals surface area contributed by atoms with Crippen LogP contribution in [-0.4, -0.2) is 42.8 Å². The Morgan fingerprint density at radius 3 is 2.71 bits per heavy atom. The number of aromatic nitrogens is 2. The zero-order chi connectivity index (χ0) is 15.2. The van der Waals surface area contributed by atoms with E-state index in [0.29, 0.717) is 18.6 Å². The van der Waals surface area contributed by atoms with Gasteiger partial charge >= 0.3 is 0 Å². The van der Waals surface area contributed by atoms with Crippen LogP contribution in [0, 0.1) is 0 Å². The molecule has 1 aliphatic rings. The third-order valence-electron chi connectivity index (χ3n) is 3.98. The van der Waals surface area contributed by atoms with E-state index in [2.05, 4.69) is 42.0 Å². The maximum atomic E-state index is 5.26. The molecule has 2 rings (SSSR count). The van der Waals surface area contributed by atoms with Crippen molar-refractivity contribution in [3.63, 3.8) is 0 Å². The molecular formula is C16H28N4O. The molecule has 0 saturated heterocycles. The molecule has 1 atom stereocenters. The lowest BCUT2D eigenvalue weighted by Crippen LogP contribution is -2.36. The van der Waals surface area contributed by atoms with Gasteiger partial charge in [0.05, 0.1) is 6.61 Å². The summed E-state index contributed by atoms with van der Waals surface area (Å²) in [6.07, 6.45) is 3.52. The molecule has 5 nitrogen and oxygen atoms in total. The largest absolute Gasteiger partial charge is 0.383 e. The Balaban J connectivity index is 2.27. The number of ether oxygens (including phenoxy) is 1. The highest BCUT2D eigenvalue weighted by Crippen LogP contribution is 2.39. The zero-order valence-electron chi connectivity index (χ0n) is 13.7. The van der Waals surface area contributed by atoms with Gasteiger partial charge < -0.3 is 15.0 Å². The summed E-state index contributed by atoms with van der Waals surface area (Å²) in [4.78, 5) is 11.8. The van der Waals surface area contributed by atoms with E-state index in [1.165, 1.54) is 12.8 Å². The molecule has 1 saturated carbocycles. The average Bonchev–Trinajstić information content (AvgIpc) is 3.32. The van der Waals surface area contributed by atoms with Gasteiger partial charge in [0, 0.05) is 38.2 Å². The smallest absolute Gasteiger partial charge is 0.136 e. The second-order valence-electron chi connectivity index (χ2n) is 5.72. The average molecular weight is 292 g/mol. The van der Waals surface area contributed by atoms with E-state index < -0.39 is 0 Å². The van der Waals surface area contributed by atoms with Gasteiger partial charge in [0.1, 0.15) is 17.5 Å². The van der Waals surface area contributed by atoms with Gasteiger partial charge in [-0.25, -0.2) is 9.97 Å². The predicted octanol–water partition coefficient (Wildman–Crippen LogP) is 3.04. The van der Waals surface area contributed by atoms with Crippen LogP contribution in [0.2, 0.25) is 0 Å². The third kappa shape index (κ3) is 4.30. The summed E-state index contributed by atoms with van der Waals surface area (Å²) in [5.41, 5.74) is 0. The molecule has 5 heteroatoms. The fraction of sp³-hybridized carbons (Fsp3) is 0.750. The fourth-order valence-corrected chi connectivity index (χ4v) is 2.37. The first-order valence-electron chi connectivity index (χ1n) is 8.08.